The number of aromatic nitrogens is 2. The number of anilines is 1. The highest BCUT2D eigenvalue weighted by molar-refractivity contribution is 9.10. The van der Waals surface area contributed by atoms with Crippen molar-refractivity contribution in [1.29, 1.82) is 0 Å². The number of hydrogen-bond donors (Lipinski definition) is 1. The number of ether oxygens (including phenoxy) is 1. The van der Waals surface area contributed by atoms with Gasteiger partial charge in [-0.1, -0.05) is 0 Å². The van der Waals surface area contributed by atoms with Crippen LogP contribution in [0, 0.1) is 0 Å². The number of nitrogens with one attached hydrogen (secondary N) is 1. The third-order valence-corrected chi connectivity index (χ3v) is 3.39. The van der Waals surface area contributed by atoms with Crippen molar-refractivity contribution in [2.24, 2.45) is 0 Å². The van der Waals surface area contributed by atoms with E-state index in [1.165, 1.54) is 0 Å². The van der Waals surface area contributed by atoms with Crippen molar-refractivity contribution < 1.29 is 9.15 Å². The molecule has 19 heavy (non-hydrogen) atoms. The van der Waals surface area contributed by atoms with Crippen LogP contribution in [0.25, 0.3) is 11.6 Å². The smallest absolute Gasteiger partial charge is 0.197 e. The maximum Gasteiger partial charge on any atom is 0.197 e. The summed E-state index contributed by atoms with van der Waals surface area (Å²) in [6.07, 6.45) is 0.811. The molecule has 0 saturated heterocycles. The molecule has 1 aliphatic rings. The van der Waals surface area contributed by atoms with Crippen LogP contribution in [0.4, 0.5) is 5.82 Å². The molecule has 1 N–H and O–H groups in total. The molecule has 0 spiro atoms. The Morgan fingerprint density at radius 3 is 3.00 bits per heavy atom. The van der Waals surface area contributed by atoms with Crippen LogP contribution < -0.4 is 5.32 Å². The monoisotopic (exact) mass is 323 g/mol. The molecule has 0 fully saturated rings. The first kappa shape index (κ1) is 12.6. The number of furan rings is 1. The predicted molar refractivity (Wildman–Crippen MR) is 75.0 cm³/mol. The van der Waals surface area contributed by atoms with Crippen LogP contribution in [0.3, 0.4) is 0 Å². The first-order chi connectivity index (χ1) is 9.28. The Morgan fingerprint density at radius 1 is 1.37 bits per heavy atom. The summed E-state index contributed by atoms with van der Waals surface area (Å²) in [5.74, 6) is 2.12. The van der Waals surface area contributed by atoms with Crippen LogP contribution in [-0.4, -0.2) is 23.1 Å². The zero-order valence-corrected chi connectivity index (χ0v) is 12.2. The Labute approximate surface area is 119 Å². The molecule has 0 radical (unpaired) electrons. The first-order valence-electron chi connectivity index (χ1n) is 6.25. The number of halogens is 1. The third-order valence-electron chi connectivity index (χ3n) is 2.96. The van der Waals surface area contributed by atoms with E-state index in [0.717, 1.165) is 30.0 Å². The molecule has 2 aromatic rings. The molecule has 100 valence electrons. The fourth-order valence-electron chi connectivity index (χ4n) is 2.09. The Bertz CT molecular complexity index is 598. The molecule has 1 aliphatic heterocycles. The molecule has 0 aliphatic carbocycles. The lowest BCUT2D eigenvalue weighted by Gasteiger charge is -2.19. The number of hydrogen-bond acceptors (Lipinski definition) is 5. The summed E-state index contributed by atoms with van der Waals surface area (Å²) in [4.78, 5) is 9.14. The van der Waals surface area contributed by atoms with Gasteiger partial charge in [-0.15, -0.1) is 0 Å². The van der Waals surface area contributed by atoms with E-state index in [9.17, 15) is 0 Å². The minimum atomic E-state index is 0.569. The van der Waals surface area contributed by atoms with Crippen LogP contribution in [-0.2, 0) is 17.8 Å². The van der Waals surface area contributed by atoms with Gasteiger partial charge < -0.3 is 14.5 Å². The Hall–Kier alpha value is -1.40. The van der Waals surface area contributed by atoms with Gasteiger partial charge in [0.1, 0.15) is 5.82 Å². The summed E-state index contributed by atoms with van der Waals surface area (Å²) in [6.45, 7) is 4.13. The van der Waals surface area contributed by atoms with Crippen molar-refractivity contribution >= 4 is 21.7 Å². The highest BCUT2D eigenvalue weighted by atomic mass is 79.9. The van der Waals surface area contributed by atoms with Crippen LogP contribution >= 0.6 is 15.9 Å². The van der Waals surface area contributed by atoms with E-state index in [0.29, 0.717) is 29.5 Å². The van der Waals surface area contributed by atoms with Gasteiger partial charge in [-0.3, -0.25) is 0 Å². The van der Waals surface area contributed by atoms with Gasteiger partial charge in [0.05, 0.1) is 18.9 Å². The van der Waals surface area contributed by atoms with E-state index in [1.807, 2.05) is 19.1 Å². The maximum absolute atomic E-state index is 5.53. The lowest BCUT2D eigenvalue weighted by atomic mass is 10.1. The van der Waals surface area contributed by atoms with E-state index < -0.39 is 0 Å². The standard InChI is InChI=1S/C13H14BrN3O2/c1-2-15-12-8-7-18-6-5-9(8)16-13(17-12)10-3-4-11(14)19-10/h3-4H,2,5-7H2,1H3,(H,15,16,17). The summed E-state index contributed by atoms with van der Waals surface area (Å²) in [7, 11) is 0. The van der Waals surface area contributed by atoms with E-state index >= 15 is 0 Å². The van der Waals surface area contributed by atoms with Gasteiger partial charge in [-0.2, -0.15) is 0 Å². The van der Waals surface area contributed by atoms with Crippen LogP contribution in [0.5, 0.6) is 0 Å². The molecule has 3 heterocycles. The van der Waals surface area contributed by atoms with Crippen molar-refractivity contribution in [3.8, 4) is 11.6 Å². The molecule has 0 unspecified atom stereocenters. The van der Waals surface area contributed by atoms with Gasteiger partial charge in [0, 0.05) is 18.5 Å². The molecule has 0 atom stereocenters. The number of nitrogens with zero attached hydrogens (tertiary/aromatic N) is 2. The first-order valence-corrected chi connectivity index (χ1v) is 7.04. The highest BCUT2D eigenvalue weighted by Crippen LogP contribution is 2.28. The molecule has 3 rings (SSSR count). The topological polar surface area (TPSA) is 60.2 Å². The predicted octanol–water partition coefficient (Wildman–Crippen LogP) is 3.00. The molecular formula is C13H14BrN3O2. The minimum Gasteiger partial charge on any atom is -0.446 e. The van der Waals surface area contributed by atoms with Crippen LogP contribution in [0.2, 0.25) is 0 Å². The molecule has 5 nitrogen and oxygen atoms in total. The van der Waals surface area contributed by atoms with E-state index in [4.69, 9.17) is 9.15 Å². The highest BCUT2D eigenvalue weighted by Gasteiger charge is 2.19. The Balaban J connectivity index is 2.08. The number of rotatable bonds is 3. The van der Waals surface area contributed by atoms with Gasteiger partial charge in [0.25, 0.3) is 0 Å². The van der Waals surface area contributed by atoms with Crippen LogP contribution in [0.1, 0.15) is 18.2 Å². The third kappa shape index (κ3) is 2.50. The molecule has 6 heteroatoms. The molecule has 0 aromatic carbocycles. The molecule has 0 amide bonds. The summed E-state index contributed by atoms with van der Waals surface area (Å²) < 4.78 is 11.7. The number of fused-ring (bicyclic) bond motifs is 1. The van der Waals surface area contributed by atoms with Crippen LogP contribution in [0.15, 0.2) is 21.2 Å². The Kier molecular flexibility index (Phi) is 3.52. The average molecular weight is 324 g/mol. The zero-order valence-electron chi connectivity index (χ0n) is 10.6. The second-order valence-corrected chi connectivity index (χ2v) is 5.04. The van der Waals surface area contributed by atoms with Crippen molar-refractivity contribution in [2.75, 3.05) is 18.5 Å². The summed E-state index contributed by atoms with van der Waals surface area (Å²) in [5.41, 5.74) is 2.10. The molecule has 2 aromatic heterocycles. The van der Waals surface area contributed by atoms with Crippen molar-refractivity contribution in [1.82, 2.24) is 9.97 Å². The van der Waals surface area contributed by atoms with E-state index in [1.54, 1.807) is 0 Å². The normalized spacial score (nSPS) is 14.2. The minimum absolute atomic E-state index is 0.569. The summed E-state index contributed by atoms with van der Waals surface area (Å²) in [6, 6.07) is 3.70. The second kappa shape index (κ2) is 5.30. The quantitative estimate of drug-likeness (QED) is 0.940. The second-order valence-electron chi connectivity index (χ2n) is 4.26. The van der Waals surface area contributed by atoms with E-state index in [-0.39, 0.29) is 0 Å². The Morgan fingerprint density at radius 2 is 2.26 bits per heavy atom. The lowest BCUT2D eigenvalue weighted by Crippen LogP contribution is -2.17. The van der Waals surface area contributed by atoms with Gasteiger partial charge in [-0.25, -0.2) is 9.97 Å². The zero-order chi connectivity index (χ0) is 13.2. The fourth-order valence-corrected chi connectivity index (χ4v) is 2.40. The fraction of sp³-hybridized carbons (Fsp3) is 0.385. The van der Waals surface area contributed by atoms with E-state index in [2.05, 4.69) is 31.2 Å². The van der Waals surface area contributed by atoms with Gasteiger partial charge in [0.2, 0.25) is 0 Å². The maximum atomic E-state index is 5.53. The van der Waals surface area contributed by atoms with Crippen molar-refractivity contribution in [2.45, 2.75) is 20.0 Å². The lowest BCUT2D eigenvalue weighted by molar-refractivity contribution is 0.109. The van der Waals surface area contributed by atoms with Crippen molar-refractivity contribution in [3.63, 3.8) is 0 Å². The average Bonchev–Trinajstić information content (AvgIpc) is 2.86. The van der Waals surface area contributed by atoms with Gasteiger partial charge in [0.15, 0.2) is 16.3 Å². The van der Waals surface area contributed by atoms with Gasteiger partial charge in [-0.05, 0) is 35.0 Å². The van der Waals surface area contributed by atoms with Crippen molar-refractivity contribution in [3.05, 3.63) is 28.1 Å². The molecule has 0 saturated carbocycles. The molecule has 0 bridgehead atoms. The molecular weight excluding hydrogens is 310 g/mol. The SMILES string of the molecule is CCNc1nc(-c2ccc(Br)o2)nc2c1COCC2. The largest absolute Gasteiger partial charge is 0.446 e. The summed E-state index contributed by atoms with van der Waals surface area (Å²) >= 11 is 3.30. The summed E-state index contributed by atoms with van der Waals surface area (Å²) in [5, 5.41) is 3.27. The van der Waals surface area contributed by atoms with Gasteiger partial charge >= 0.3 is 0 Å².